The van der Waals surface area contributed by atoms with Crippen molar-refractivity contribution in [1.29, 1.82) is 0 Å². The van der Waals surface area contributed by atoms with Crippen LogP contribution in [0.3, 0.4) is 0 Å². The summed E-state index contributed by atoms with van der Waals surface area (Å²) in [6, 6.07) is 14.8. The number of benzene rings is 2. The van der Waals surface area contributed by atoms with E-state index in [0.717, 1.165) is 11.1 Å². The van der Waals surface area contributed by atoms with Gasteiger partial charge in [-0.1, -0.05) is 67.9 Å². The Morgan fingerprint density at radius 3 is 2.00 bits per heavy atom. The lowest BCUT2D eigenvalue weighted by Gasteiger charge is -2.18. The van der Waals surface area contributed by atoms with E-state index in [-0.39, 0.29) is 11.3 Å². The topological polar surface area (TPSA) is 64.7 Å². The summed E-state index contributed by atoms with van der Waals surface area (Å²) in [6.07, 6.45) is 0. The smallest absolute Gasteiger partial charge is 0.365 e. The molecule has 0 heterocycles. The standard InChI is InChI=1S/C19H22N2O2/c1-13-5-7-14(8-6-13)17(20)21-23-18(22)15-9-11-16(12-10-15)19(2,3)4/h5-12H,1-4H3,(H2,20,21). The lowest BCUT2D eigenvalue weighted by atomic mass is 9.87. The van der Waals surface area contributed by atoms with Gasteiger partial charge in [0.15, 0.2) is 5.84 Å². The van der Waals surface area contributed by atoms with Crippen molar-refractivity contribution >= 4 is 11.8 Å². The minimum Gasteiger partial charge on any atom is -0.380 e. The van der Waals surface area contributed by atoms with Crippen LogP contribution < -0.4 is 5.73 Å². The third-order valence-corrected chi connectivity index (χ3v) is 3.56. The number of nitrogens with zero attached hydrogens (tertiary/aromatic N) is 1. The normalized spacial score (nSPS) is 12.1. The van der Waals surface area contributed by atoms with E-state index >= 15 is 0 Å². The summed E-state index contributed by atoms with van der Waals surface area (Å²) in [4.78, 5) is 16.9. The highest BCUT2D eigenvalue weighted by atomic mass is 16.7. The van der Waals surface area contributed by atoms with E-state index in [4.69, 9.17) is 10.6 Å². The van der Waals surface area contributed by atoms with Crippen LogP contribution in [0.5, 0.6) is 0 Å². The van der Waals surface area contributed by atoms with Gasteiger partial charge < -0.3 is 10.6 Å². The number of hydrogen-bond acceptors (Lipinski definition) is 3. The molecular formula is C19H22N2O2. The predicted octanol–water partition coefficient (Wildman–Crippen LogP) is 3.77. The quantitative estimate of drug-likeness (QED) is 0.406. The molecular weight excluding hydrogens is 288 g/mol. The average Bonchev–Trinajstić information content (AvgIpc) is 2.52. The molecule has 2 rings (SSSR count). The monoisotopic (exact) mass is 310 g/mol. The summed E-state index contributed by atoms with van der Waals surface area (Å²) in [5.74, 6) is -0.356. The van der Waals surface area contributed by atoms with Crippen molar-refractivity contribution < 1.29 is 9.63 Å². The number of nitrogens with two attached hydrogens (primary N) is 1. The zero-order valence-electron chi connectivity index (χ0n) is 14.0. The average molecular weight is 310 g/mol. The zero-order valence-corrected chi connectivity index (χ0v) is 14.0. The molecule has 4 heteroatoms. The van der Waals surface area contributed by atoms with Crippen LogP contribution in [0.4, 0.5) is 0 Å². The van der Waals surface area contributed by atoms with Crippen LogP contribution in [0.25, 0.3) is 0 Å². The first-order chi connectivity index (χ1) is 10.8. The Balaban J connectivity index is 2.07. The zero-order chi connectivity index (χ0) is 17.0. The summed E-state index contributed by atoms with van der Waals surface area (Å²) in [5, 5.41) is 3.72. The van der Waals surface area contributed by atoms with Crippen LogP contribution in [-0.4, -0.2) is 11.8 Å². The van der Waals surface area contributed by atoms with Crippen molar-refractivity contribution in [3.8, 4) is 0 Å². The maximum atomic E-state index is 12.0. The Morgan fingerprint density at radius 1 is 0.957 bits per heavy atom. The molecule has 0 radical (unpaired) electrons. The van der Waals surface area contributed by atoms with E-state index < -0.39 is 5.97 Å². The Hall–Kier alpha value is -2.62. The largest absolute Gasteiger partial charge is 0.380 e. The Kier molecular flexibility index (Phi) is 4.84. The number of carbonyl (C=O) groups excluding carboxylic acids is 1. The molecule has 0 spiro atoms. The molecule has 0 aromatic heterocycles. The molecule has 2 N–H and O–H groups in total. The van der Waals surface area contributed by atoms with E-state index in [9.17, 15) is 4.79 Å². The van der Waals surface area contributed by atoms with Crippen LogP contribution in [0.15, 0.2) is 53.7 Å². The molecule has 0 saturated carbocycles. The second-order valence-electron chi connectivity index (χ2n) is 6.55. The molecule has 2 aromatic carbocycles. The van der Waals surface area contributed by atoms with Crippen molar-refractivity contribution in [2.24, 2.45) is 10.9 Å². The van der Waals surface area contributed by atoms with E-state index in [1.807, 2.05) is 43.3 Å². The minimum atomic E-state index is -0.527. The first kappa shape index (κ1) is 16.7. The van der Waals surface area contributed by atoms with Crippen molar-refractivity contribution in [1.82, 2.24) is 0 Å². The van der Waals surface area contributed by atoms with Gasteiger partial charge >= 0.3 is 5.97 Å². The summed E-state index contributed by atoms with van der Waals surface area (Å²) >= 11 is 0. The molecule has 23 heavy (non-hydrogen) atoms. The number of aryl methyl sites for hydroxylation is 1. The molecule has 0 aliphatic rings. The van der Waals surface area contributed by atoms with Gasteiger partial charge in [-0.05, 0) is 30.0 Å². The summed E-state index contributed by atoms with van der Waals surface area (Å²) in [6.45, 7) is 8.34. The highest BCUT2D eigenvalue weighted by molar-refractivity contribution is 5.98. The van der Waals surface area contributed by atoms with Crippen molar-refractivity contribution in [2.75, 3.05) is 0 Å². The number of rotatable bonds is 3. The molecule has 0 aliphatic heterocycles. The second kappa shape index (κ2) is 6.65. The Morgan fingerprint density at radius 2 is 1.48 bits per heavy atom. The minimum absolute atomic E-state index is 0.0382. The van der Waals surface area contributed by atoms with E-state index in [2.05, 4.69) is 25.9 Å². The molecule has 2 aromatic rings. The number of carbonyl (C=O) groups is 1. The fraction of sp³-hybridized carbons (Fsp3) is 0.263. The number of amidine groups is 1. The van der Waals surface area contributed by atoms with Gasteiger partial charge in [0.2, 0.25) is 0 Å². The summed E-state index contributed by atoms with van der Waals surface area (Å²) in [5.41, 5.74) is 9.29. The van der Waals surface area contributed by atoms with E-state index in [1.54, 1.807) is 12.1 Å². The van der Waals surface area contributed by atoms with Gasteiger partial charge in [0, 0.05) is 5.56 Å². The van der Waals surface area contributed by atoms with Crippen LogP contribution in [0.1, 0.15) is 47.8 Å². The van der Waals surface area contributed by atoms with Crippen LogP contribution in [-0.2, 0) is 10.3 Å². The van der Waals surface area contributed by atoms with Crippen LogP contribution in [0.2, 0.25) is 0 Å². The Labute approximate surface area is 137 Å². The van der Waals surface area contributed by atoms with Gasteiger partial charge in [-0.15, -0.1) is 0 Å². The molecule has 4 nitrogen and oxygen atoms in total. The molecule has 120 valence electrons. The number of oxime groups is 1. The van der Waals surface area contributed by atoms with E-state index in [0.29, 0.717) is 11.1 Å². The molecule has 0 fully saturated rings. The van der Waals surface area contributed by atoms with Gasteiger partial charge in [0.1, 0.15) is 0 Å². The Bertz CT molecular complexity index is 709. The first-order valence-corrected chi connectivity index (χ1v) is 7.50. The SMILES string of the molecule is Cc1ccc(/C(N)=N\OC(=O)c2ccc(C(C)(C)C)cc2)cc1. The fourth-order valence-electron chi connectivity index (χ4n) is 2.03. The van der Waals surface area contributed by atoms with E-state index in [1.165, 1.54) is 0 Å². The lowest BCUT2D eigenvalue weighted by molar-refractivity contribution is 0.0516. The molecule has 0 unspecified atom stereocenters. The third kappa shape index (κ3) is 4.42. The van der Waals surface area contributed by atoms with Crippen molar-refractivity contribution in [3.05, 3.63) is 70.8 Å². The van der Waals surface area contributed by atoms with Gasteiger partial charge in [-0.2, -0.15) is 0 Å². The molecule has 0 saturated heterocycles. The van der Waals surface area contributed by atoms with Crippen LogP contribution >= 0.6 is 0 Å². The molecule has 0 atom stereocenters. The highest BCUT2D eigenvalue weighted by Gasteiger charge is 2.15. The maximum Gasteiger partial charge on any atom is 0.365 e. The highest BCUT2D eigenvalue weighted by Crippen LogP contribution is 2.22. The van der Waals surface area contributed by atoms with Gasteiger partial charge in [0.05, 0.1) is 5.56 Å². The molecule has 0 bridgehead atoms. The summed E-state index contributed by atoms with van der Waals surface area (Å²) in [7, 11) is 0. The second-order valence-corrected chi connectivity index (χ2v) is 6.55. The van der Waals surface area contributed by atoms with Crippen molar-refractivity contribution in [3.63, 3.8) is 0 Å². The van der Waals surface area contributed by atoms with Gasteiger partial charge in [0.25, 0.3) is 0 Å². The fourth-order valence-corrected chi connectivity index (χ4v) is 2.03. The predicted molar refractivity (Wildman–Crippen MR) is 92.5 cm³/mol. The third-order valence-electron chi connectivity index (χ3n) is 3.56. The van der Waals surface area contributed by atoms with Gasteiger partial charge in [-0.25, -0.2) is 4.79 Å². The maximum absolute atomic E-state index is 12.0. The van der Waals surface area contributed by atoms with Crippen molar-refractivity contribution in [2.45, 2.75) is 33.1 Å². The lowest BCUT2D eigenvalue weighted by Crippen LogP contribution is -2.15. The molecule has 0 aliphatic carbocycles. The molecule has 0 amide bonds. The van der Waals surface area contributed by atoms with Gasteiger partial charge in [-0.3, -0.25) is 0 Å². The van der Waals surface area contributed by atoms with Crippen LogP contribution in [0, 0.1) is 6.92 Å². The first-order valence-electron chi connectivity index (χ1n) is 7.50. The number of hydrogen-bond donors (Lipinski definition) is 1. The summed E-state index contributed by atoms with van der Waals surface area (Å²) < 4.78 is 0.